The van der Waals surface area contributed by atoms with Crippen LogP contribution in [0.3, 0.4) is 0 Å². The van der Waals surface area contributed by atoms with Crippen LogP contribution in [0, 0.1) is 12.8 Å². The minimum Gasteiger partial charge on any atom is -0.362 e. The number of hydrogen-bond acceptors (Lipinski definition) is 3. The van der Waals surface area contributed by atoms with E-state index >= 15 is 0 Å². The van der Waals surface area contributed by atoms with E-state index in [1.54, 1.807) is 0 Å². The maximum absolute atomic E-state index is 5.88. The van der Waals surface area contributed by atoms with E-state index in [4.69, 9.17) is 5.73 Å². The molecular formula is C12H18BrN3. The Balaban J connectivity index is 2.22. The molecular weight excluding hydrogens is 266 g/mol. The van der Waals surface area contributed by atoms with Crippen LogP contribution in [0.2, 0.25) is 0 Å². The molecule has 0 amide bonds. The van der Waals surface area contributed by atoms with Gasteiger partial charge in [-0.1, -0.05) is 0 Å². The van der Waals surface area contributed by atoms with E-state index < -0.39 is 0 Å². The second kappa shape index (κ2) is 4.34. The van der Waals surface area contributed by atoms with Gasteiger partial charge in [0.25, 0.3) is 0 Å². The average Bonchev–Trinajstić information content (AvgIpc) is 3.08. The van der Waals surface area contributed by atoms with Crippen LogP contribution >= 0.6 is 15.9 Å². The predicted molar refractivity (Wildman–Crippen MR) is 70.5 cm³/mol. The molecule has 4 heteroatoms. The zero-order chi connectivity index (χ0) is 11.8. The highest BCUT2D eigenvalue weighted by atomic mass is 79.9. The van der Waals surface area contributed by atoms with Crippen molar-refractivity contribution in [2.75, 3.05) is 11.9 Å². The van der Waals surface area contributed by atoms with Crippen molar-refractivity contribution in [2.24, 2.45) is 11.7 Å². The molecule has 1 heterocycles. The number of nitrogens with two attached hydrogens (primary N) is 1. The van der Waals surface area contributed by atoms with Gasteiger partial charge >= 0.3 is 0 Å². The highest BCUT2D eigenvalue weighted by Gasteiger charge is 2.40. The Hall–Kier alpha value is -0.610. The van der Waals surface area contributed by atoms with Crippen LogP contribution in [0.25, 0.3) is 0 Å². The van der Waals surface area contributed by atoms with E-state index in [2.05, 4.69) is 40.1 Å². The predicted octanol–water partition coefficient (Wildman–Crippen LogP) is 2.69. The van der Waals surface area contributed by atoms with Crippen LogP contribution in [0.4, 0.5) is 5.82 Å². The molecule has 1 aromatic heterocycles. The van der Waals surface area contributed by atoms with Gasteiger partial charge in [-0.2, -0.15) is 0 Å². The van der Waals surface area contributed by atoms with Crippen molar-refractivity contribution in [3.63, 3.8) is 0 Å². The highest BCUT2D eigenvalue weighted by molar-refractivity contribution is 9.10. The molecule has 1 saturated carbocycles. The molecule has 3 N–H and O–H groups in total. The zero-order valence-corrected chi connectivity index (χ0v) is 11.3. The first-order valence-corrected chi connectivity index (χ1v) is 6.45. The molecule has 0 bridgehead atoms. The number of nitrogens with one attached hydrogen (secondary N) is 1. The summed E-state index contributed by atoms with van der Waals surface area (Å²) < 4.78 is 1.04. The highest BCUT2D eigenvalue weighted by Crippen LogP contribution is 2.41. The van der Waals surface area contributed by atoms with Crippen LogP contribution in [0.5, 0.6) is 0 Å². The summed E-state index contributed by atoms with van der Waals surface area (Å²) in [7, 11) is 0. The lowest BCUT2D eigenvalue weighted by Crippen LogP contribution is -2.45. The number of hydrogen-bond donors (Lipinski definition) is 2. The van der Waals surface area contributed by atoms with Crippen molar-refractivity contribution in [3.05, 3.63) is 22.3 Å². The number of pyridine rings is 1. The van der Waals surface area contributed by atoms with Gasteiger partial charge in [-0.3, -0.25) is 0 Å². The fraction of sp³-hybridized carbons (Fsp3) is 0.583. The van der Waals surface area contributed by atoms with Crippen molar-refractivity contribution in [3.8, 4) is 0 Å². The van der Waals surface area contributed by atoms with Gasteiger partial charge in [-0.15, -0.1) is 0 Å². The summed E-state index contributed by atoms with van der Waals surface area (Å²) in [4.78, 5) is 4.37. The summed E-state index contributed by atoms with van der Waals surface area (Å²) in [5, 5.41) is 3.49. The van der Waals surface area contributed by atoms with Crippen molar-refractivity contribution >= 4 is 21.7 Å². The first-order chi connectivity index (χ1) is 7.57. The van der Waals surface area contributed by atoms with Crippen LogP contribution in [-0.4, -0.2) is 17.1 Å². The Labute approximate surface area is 105 Å². The van der Waals surface area contributed by atoms with Crippen LogP contribution in [0.15, 0.2) is 16.7 Å². The third-order valence-electron chi connectivity index (χ3n) is 3.39. The number of halogens is 1. The van der Waals surface area contributed by atoms with Gasteiger partial charge in [0.15, 0.2) is 0 Å². The summed E-state index contributed by atoms with van der Waals surface area (Å²) in [6.45, 7) is 4.88. The fourth-order valence-electron chi connectivity index (χ4n) is 1.94. The Morgan fingerprint density at radius 3 is 2.88 bits per heavy atom. The topological polar surface area (TPSA) is 50.9 Å². The second-order valence-electron chi connectivity index (χ2n) is 4.81. The smallest absolute Gasteiger partial charge is 0.141 e. The number of rotatable bonds is 4. The van der Waals surface area contributed by atoms with Crippen LogP contribution < -0.4 is 11.1 Å². The molecule has 0 spiro atoms. The van der Waals surface area contributed by atoms with E-state index in [-0.39, 0.29) is 5.54 Å². The molecule has 0 radical (unpaired) electrons. The second-order valence-corrected chi connectivity index (χ2v) is 5.60. The first kappa shape index (κ1) is 11.9. The van der Waals surface area contributed by atoms with Gasteiger partial charge in [0.1, 0.15) is 5.82 Å². The Morgan fingerprint density at radius 2 is 2.31 bits per heavy atom. The Kier molecular flexibility index (Phi) is 3.22. The Morgan fingerprint density at radius 1 is 1.62 bits per heavy atom. The molecule has 1 atom stereocenters. The molecule has 0 aliphatic heterocycles. The summed E-state index contributed by atoms with van der Waals surface area (Å²) in [5.74, 6) is 1.59. The van der Waals surface area contributed by atoms with E-state index in [1.165, 1.54) is 18.4 Å². The summed E-state index contributed by atoms with van der Waals surface area (Å²) in [6.07, 6.45) is 4.36. The van der Waals surface area contributed by atoms with Crippen molar-refractivity contribution < 1.29 is 0 Å². The number of aromatic nitrogens is 1. The quantitative estimate of drug-likeness (QED) is 0.893. The molecule has 1 aliphatic carbocycles. The molecule has 88 valence electrons. The standard InChI is InChI=1S/C12H18BrN3/c1-8-5-6-15-11(10(8)13)16-12(2,7-14)9-3-4-9/h5-6,9H,3-4,7,14H2,1-2H3,(H,15,16). The molecule has 0 saturated heterocycles. The zero-order valence-electron chi connectivity index (χ0n) is 9.76. The summed E-state index contributed by atoms with van der Waals surface area (Å²) in [6, 6.07) is 1.99. The van der Waals surface area contributed by atoms with Crippen molar-refractivity contribution in [2.45, 2.75) is 32.2 Å². The molecule has 16 heavy (non-hydrogen) atoms. The normalized spacial score (nSPS) is 19.2. The monoisotopic (exact) mass is 283 g/mol. The number of nitrogens with zero attached hydrogens (tertiary/aromatic N) is 1. The maximum atomic E-state index is 5.88. The van der Waals surface area contributed by atoms with Gasteiger partial charge in [-0.05, 0) is 60.2 Å². The number of aryl methyl sites for hydroxylation is 1. The molecule has 1 aromatic rings. The van der Waals surface area contributed by atoms with E-state index in [9.17, 15) is 0 Å². The average molecular weight is 284 g/mol. The van der Waals surface area contributed by atoms with Crippen LogP contribution in [-0.2, 0) is 0 Å². The van der Waals surface area contributed by atoms with Gasteiger partial charge in [0.05, 0.1) is 10.0 Å². The Bertz CT molecular complexity index is 390. The van der Waals surface area contributed by atoms with E-state index in [1.807, 2.05) is 12.3 Å². The molecule has 0 aromatic carbocycles. The van der Waals surface area contributed by atoms with E-state index in [0.29, 0.717) is 12.5 Å². The lowest BCUT2D eigenvalue weighted by molar-refractivity contribution is 0.457. The lowest BCUT2D eigenvalue weighted by Gasteiger charge is -2.30. The maximum Gasteiger partial charge on any atom is 0.141 e. The van der Waals surface area contributed by atoms with Crippen molar-refractivity contribution in [1.82, 2.24) is 4.98 Å². The van der Waals surface area contributed by atoms with Gasteiger partial charge < -0.3 is 11.1 Å². The minimum absolute atomic E-state index is 0.0245. The minimum atomic E-state index is -0.0245. The first-order valence-electron chi connectivity index (χ1n) is 5.66. The van der Waals surface area contributed by atoms with Gasteiger partial charge in [0.2, 0.25) is 0 Å². The van der Waals surface area contributed by atoms with E-state index in [0.717, 1.165) is 10.3 Å². The largest absolute Gasteiger partial charge is 0.362 e. The van der Waals surface area contributed by atoms with Gasteiger partial charge in [0, 0.05) is 12.7 Å². The van der Waals surface area contributed by atoms with Gasteiger partial charge in [-0.25, -0.2) is 4.98 Å². The summed E-state index contributed by atoms with van der Waals surface area (Å²) in [5.41, 5.74) is 7.04. The van der Waals surface area contributed by atoms with Crippen LogP contribution in [0.1, 0.15) is 25.3 Å². The SMILES string of the molecule is Cc1ccnc(NC(C)(CN)C2CC2)c1Br. The molecule has 2 rings (SSSR count). The third kappa shape index (κ3) is 2.23. The third-order valence-corrected chi connectivity index (χ3v) is 4.39. The fourth-order valence-corrected chi connectivity index (χ4v) is 2.27. The molecule has 1 unspecified atom stereocenters. The van der Waals surface area contributed by atoms with Crippen molar-refractivity contribution in [1.29, 1.82) is 0 Å². The number of anilines is 1. The molecule has 3 nitrogen and oxygen atoms in total. The molecule has 1 fully saturated rings. The summed E-state index contributed by atoms with van der Waals surface area (Å²) >= 11 is 3.57. The lowest BCUT2D eigenvalue weighted by atomic mass is 9.96. The molecule has 1 aliphatic rings.